The average Bonchev–Trinajstić information content (AvgIpc) is 2.38. The zero-order valence-corrected chi connectivity index (χ0v) is 13.9. The van der Waals surface area contributed by atoms with Crippen molar-refractivity contribution in [2.75, 3.05) is 6.54 Å². The van der Waals surface area contributed by atoms with E-state index in [9.17, 15) is 10.1 Å². The summed E-state index contributed by atoms with van der Waals surface area (Å²) < 4.78 is 0. The fourth-order valence-electron chi connectivity index (χ4n) is 2.35. The van der Waals surface area contributed by atoms with Crippen molar-refractivity contribution in [2.45, 2.75) is 53.0 Å². The van der Waals surface area contributed by atoms with Crippen molar-refractivity contribution in [3.63, 3.8) is 0 Å². The third kappa shape index (κ3) is 6.44. The maximum absolute atomic E-state index is 11.0. The van der Waals surface area contributed by atoms with E-state index in [4.69, 9.17) is 11.6 Å². The van der Waals surface area contributed by atoms with Crippen LogP contribution >= 0.6 is 11.6 Å². The molecule has 0 saturated carbocycles. The summed E-state index contributed by atoms with van der Waals surface area (Å²) in [4.78, 5) is 10.6. The van der Waals surface area contributed by atoms with Crippen molar-refractivity contribution in [1.29, 1.82) is 0 Å². The quantitative estimate of drug-likeness (QED) is 0.399. The van der Waals surface area contributed by atoms with Crippen molar-refractivity contribution in [3.05, 3.63) is 38.9 Å². The van der Waals surface area contributed by atoms with Gasteiger partial charge in [0, 0.05) is 29.7 Å². The molecule has 0 aromatic heterocycles. The summed E-state index contributed by atoms with van der Waals surface area (Å²) in [6, 6.07) is 4.68. The summed E-state index contributed by atoms with van der Waals surface area (Å²) in [7, 11) is 0. The van der Waals surface area contributed by atoms with Crippen LogP contribution in [0.1, 0.15) is 52.0 Å². The van der Waals surface area contributed by atoms with Gasteiger partial charge in [0.05, 0.1) is 4.92 Å². The van der Waals surface area contributed by atoms with Gasteiger partial charge in [-0.2, -0.15) is 0 Å². The van der Waals surface area contributed by atoms with Crippen LogP contribution in [0, 0.1) is 15.5 Å². The highest BCUT2D eigenvalue weighted by molar-refractivity contribution is 6.30. The highest BCUT2D eigenvalue weighted by Crippen LogP contribution is 2.25. The first-order valence-electron chi connectivity index (χ1n) is 7.49. The number of halogens is 1. The number of nitrogens with zero attached hydrogens (tertiary/aromatic N) is 1. The normalized spacial score (nSPS) is 11.6. The Labute approximate surface area is 132 Å². The lowest BCUT2D eigenvalue weighted by Gasteiger charge is -2.25. The highest BCUT2D eigenvalue weighted by Gasteiger charge is 2.18. The molecule has 0 spiro atoms. The third-order valence-electron chi connectivity index (χ3n) is 3.61. The van der Waals surface area contributed by atoms with Gasteiger partial charge in [0.1, 0.15) is 0 Å². The van der Waals surface area contributed by atoms with Crippen LogP contribution in [0.5, 0.6) is 0 Å². The van der Waals surface area contributed by atoms with Crippen molar-refractivity contribution < 1.29 is 4.92 Å². The van der Waals surface area contributed by atoms with Gasteiger partial charge in [-0.3, -0.25) is 10.1 Å². The Kier molecular flexibility index (Phi) is 7.12. The number of benzene rings is 1. The number of hydrogen-bond donors (Lipinski definition) is 1. The van der Waals surface area contributed by atoms with Crippen molar-refractivity contribution >= 4 is 17.3 Å². The molecule has 1 aromatic rings. The summed E-state index contributed by atoms with van der Waals surface area (Å²) in [5.41, 5.74) is 0.954. The molecule has 1 N–H and O–H groups in total. The molecule has 1 aromatic carbocycles. The van der Waals surface area contributed by atoms with E-state index < -0.39 is 0 Å². The molecule has 1 rings (SSSR count). The molecular formula is C16H25ClN2O2. The second-order valence-electron chi connectivity index (χ2n) is 6.26. The molecule has 0 amide bonds. The molecule has 21 heavy (non-hydrogen) atoms. The minimum Gasteiger partial charge on any atom is -0.312 e. The molecule has 118 valence electrons. The van der Waals surface area contributed by atoms with E-state index in [1.165, 1.54) is 25.3 Å². The summed E-state index contributed by atoms with van der Waals surface area (Å²) in [5.74, 6) is 0. The molecule has 4 nitrogen and oxygen atoms in total. The number of hydrogen-bond acceptors (Lipinski definition) is 3. The fourth-order valence-corrected chi connectivity index (χ4v) is 2.55. The Bertz CT molecular complexity index is 475. The molecule has 0 bridgehead atoms. The average molecular weight is 313 g/mol. The lowest BCUT2D eigenvalue weighted by atomic mass is 9.87. The monoisotopic (exact) mass is 312 g/mol. The summed E-state index contributed by atoms with van der Waals surface area (Å²) in [6.45, 7) is 7.95. The number of nitro groups is 1. The molecule has 5 heteroatoms. The Morgan fingerprint density at radius 3 is 2.67 bits per heavy atom. The smallest absolute Gasteiger partial charge is 0.273 e. The number of unbranched alkanes of at least 4 members (excludes halogenated alkanes) is 2. The molecule has 0 fully saturated rings. The van der Waals surface area contributed by atoms with E-state index in [1.54, 1.807) is 12.1 Å². The second kappa shape index (κ2) is 8.35. The first-order valence-corrected chi connectivity index (χ1v) is 7.87. The Hall–Kier alpha value is -1.13. The lowest BCUT2D eigenvalue weighted by Crippen LogP contribution is -2.29. The molecule has 0 saturated heterocycles. The van der Waals surface area contributed by atoms with Crippen LogP contribution in [0.3, 0.4) is 0 Å². The van der Waals surface area contributed by atoms with Crippen LogP contribution in [-0.2, 0) is 6.54 Å². The number of nitro benzene ring substituents is 1. The van der Waals surface area contributed by atoms with Crippen LogP contribution in [0.15, 0.2) is 18.2 Å². The van der Waals surface area contributed by atoms with E-state index in [2.05, 4.69) is 26.1 Å². The van der Waals surface area contributed by atoms with Gasteiger partial charge in [-0.05, 0) is 24.0 Å². The second-order valence-corrected chi connectivity index (χ2v) is 6.69. The van der Waals surface area contributed by atoms with Gasteiger partial charge < -0.3 is 5.32 Å². The molecule has 0 atom stereocenters. The summed E-state index contributed by atoms with van der Waals surface area (Å²) >= 11 is 5.92. The SMILES string of the molecule is CCCCCC(C)(C)CNCc1cc(Cl)ccc1[N+](=O)[O-]. The van der Waals surface area contributed by atoms with Gasteiger partial charge in [-0.1, -0.05) is 51.6 Å². The fraction of sp³-hybridized carbons (Fsp3) is 0.625. The predicted molar refractivity (Wildman–Crippen MR) is 87.7 cm³/mol. The zero-order chi connectivity index (χ0) is 15.9. The summed E-state index contributed by atoms with van der Waals surface area (Å²) in [6.07, 6.45) is 4.86. The van der Waals surface area contributed by atoms with Crippen molar-refractivity contribution in [2.24, 2.45) is 5.41 Å². The number of rotatable bonds is 9. The van der Waals surface area contributed by atoms with Crippen LogP contribution in [-0.4, -0.2) is 11.5 Å². The van der Waals surface area contributed by atoms with Gasteiger partial charge >= 0.3 is 0 Å². The topological polar surface area (TPSA) is 55.2 Å². The van der Waals surface area contributed by atoms with Gasteiger partial charge in [0.25, 0.3) is 5.69 Å². The highest BCUT2D eigenvalue weighted by atomic mass is 35.5. The predicted octanol–water partition coefficient (Wildman–Crippen LogP) is 4.94. The maximum atomic E-state index is 11.0. The molecule has 0 aliphatic rings. The standard InChI is InChI=1S/C16H25ClN2O2/c1-4-5-6-9-16(2,3)12-18-11-13-10-14(17)7-8-15(13)19(20)21/h7-8,10,18H,4-6,9,11-12H2,1-3H3. The minimum absolute atomic E-state index is 0.121. The van der Waals surface area contributed by atoms with E-state index in [0.29, 0.717) is 17.1 Å². The van der Waals surface area contributed by atoms with Crippen LogP contribution < -0.4 is 5.32 Å². The molecule has 0 unspecified atom stereocenters. The van der Waals surface area contributed by atoms with Crippen molar-refractivity contribution in [3.8, 4) is 0 Å². The van der Waals surface area contributed by atoms with E-state index in [-0.39, 0.29) is 16.0 Å². The summed E-state index contributed by atoms with van der Waals surface area (Å²) in [5, 5.41) is 14.9. The third-order valence-corrected chi connectivity index (χ3v) is 3.85. The number of nitrogens with one attached hydrogen (secondary N) is 1. The molecule has 0 radical (unpaired) electrons. The zero-order valence-electron chi connectivity index (χ0n) is 13.1. The van der Waals surface area contributed by atoms with Gasteiger partial charge in [-0.15, -0.1) is 0 Å². The maximum Gasteiger partial charge on any atom is 0.273 e. The van der Waals surface area contributed by atoms with Gasteiger partial charge in [0.2, 0.25) is 0 Å². The van der Waals surface area contributed by atoms with Crippen molar-refractivity contribution in [1.82, 2.24) is 5.32 Å². The molecular weight excluding hydrogens is 288 g/mol. The first kappa shape index (κ1) is 17.9. The van der Waals surface area contributed by atoms with Gasteiger partial charge in [-0.25, -0.2) is 0 Å². The molecule has 0 aliphatic heterocycles. The largest absolute Gasteiger partial charge is 0.312 e. The van der Waals surface area contributed by atoms with E-state index in [1.807, 2.05) is 0 Å². The Balaban J connectivity index is 2.55. The molecule has 0 heterocycles. The van der Waals surface area contributed by atoms with E-state index in [0.717, 1.165) is 13.0 Å². The van der Waals surface area contributed by atoms with E-state index >= 15 is 0 Å². The lowest BCUT2D eigenvalue weighted by molar-refractivity contribution is -0.385. The van der Waals surface area contributed by atoms with Crippen LogP contribution in [0.2, 0.25) is 5.02 Å². The first-order chi connectivity index (χ1) is 9.85. The Morgan fingerprint density at radius 1 is 1.33 bits per heavy atom. The molecule has 0 aliphatic carbocycles. The minimum atomic E-state index is -0.361. The van der Waals surface area contributed by atoms with Gasteiger partial charge in [0.15, 0.2) is 0 Å². The Morgan fingerprint density at radius 2 is 2.05 bits per heavy atom. The van der Waals surface area contributed by atoms with Crippen LogP contribution in [0.4, 0.5) is 5.69 Å². The van der Waals surface area contributed by atoms with Crippen LogP contribution in [0.25, 0.3) is 0 Å².